The van der Waals surface area contributed by atoms with Gasteiger partial charge in [-0.25, -0.2) is 0 Å². The maximum atomic E-state index is 10.9. The first-order chi connectivity index (χ1) is 9.65. The Bertz CT molecular complexity index is 388. The highest BCUT2D eigenvalue weighted by Crippen LogP contribution is 2.40. The summed E-state index contributed by atoms with van der Waals surface area (Å²) in [7, 11) is 1.66. The minimum atomic E-state index is -0.580. The van der Waals surface area contributed by atoms with E-state index in [4.69, 9.17) is 4.74 Å². The number of aliphatic hydroxyl groups is 1. The number of benzene rings is 1. The summed E-state index contributed by atoms with van der Waals surface area (Å²) in [5.41, 5.74) is 0.727. The largest absolute Gasteiger partial charge is 0.389 e. The molecule has 3 atom stereocenters. The monoisotopic (exact) mass is 276 g/mol. The smallest absolute Gasteiger partial charge is 0.109 e. The van der Waals surface area contributed by atoms with Crippen molar-refractivity contribution in [2.24, 2.45) is 5.41 Å². The Morgan fingerprint density at radius 2 is 1.95 bits per heavy atom. The van der Waals surface area contributed by atoms with E-state index in [9.17, 15) is 5.11 Å². The predicted octanol–water partition coefficient (Wildman–Crippen LogP) is 4.51. The highest BCUT2D eigenvalue weighted by atomic mass is 16.5. The Kier molecular flexibility index (Phi) is 6.97. The lowest BCUT2D eigenvalue weighted by molar-refractivity contribution is -0.0726. The standard InChI is InChI=1S/C18H28O2/c1-5-8-14-18(6-2,7-3)17(19)16(20-4)15-12-10-9-11-13-15/h6,9-13,16-17,19H,2,5,7-8,14H2,1,3-4H3/t16-,17+,18-/m1/s1. The molecule has 1 aromatic rings. The van der Waals surface area contributed by atoms with Gasteiger partial charge in [-0.2, -0.15) is 0 Å². The van der Waals surface area contributed by atoms with E-state index >= 15 is 0 Å². The molecule has 0 saturated heterocycles. The molecule has 1 N–H and O–H groups in total. The fourth-order valence-corrected chi connectivity index (χ4v) is 2.80. The van der Waals surface area contributed by atoms with E-state index in [1.165, 1.54) is 0 Å². The summed E-state index contributed by atoms with van der Waals surface area (Å²) < 4.78 is 5.59. The number of hydrogen-bond donors (Lipinski definition) is 1. The highest BCUT2D eigenvalue weighted by Gasteiger charge is 2.38. The number of rotatable bonds is 9. The Hall–Kier alpha value is -1.12. The van der Waals surface area contributed by atoms with Crippen LogP contribution < -0.4 is 0 Å². The first-order valence-electron chi connectivity index (χ1n) is 7.54. The van der Waals surface area contributed by atoms with Crippen LogP contribution in [0.25, 0.3) is 0 Å². The summed E-state index contributed by atoms with van der Waals surface area (Å²) >= 11 is 0. The molecular formula is C18H28O2. The minimum absolute atomic E-state index is 0.285. The molecular weight excluding hydrogens is 248 g/mol. The third kappa shape index (κ3) is 3.71. The molecule has 0 aromatic heterocycles. The molecule has 0 aliphatic rings. The van der Waals surface area contributed by atoms with E-state index in [1.807, 2.05) is 36.4 Å². The van der Waals surface area contributed by atoms with Crippen molar-refractivity contribution in [2.75, 3.05) is 7.11 Å². The van der Waals surface area contributed by atoms with E-state index in [0.29, 0.717) is 0 Å². The van der Waals surface area contributed by atoms with Gasteiger partial charge < -0.3 is 9.84 Å². The zero-order valence-corrected chi connectivity index (χ0v) is 13.0. The zero-order valence-electron chi connectivity index (χ0n) is 13.0. The molecule has 1 aromatic carbocycles. The summed E-state index contributed by atoms with van der Waals surface area (Å²) in [5, 5.41) is 10.9. The Morgan fingerprint density at radius 1 is 1.30 bits per heavy atom. The van der Waals surface area contributed by atoms with Gasteiger partial charge in [0.05, 0.1) is 6.10 Å². The molecule has 0 unspecified atom stereocenters. The van der Waals surface area contributed by atoms with Crippen molar-refractivity contribution in [3.63, 3.8) is 0 Å². The number of hydrogen-bond acceptors (Lipinski definition) is 2. The summed E-state index contributed by atoms with van der Waals surface area (Å²) in [6.07, 6.45) is 5.03. The van der Waals surface area contributed by atoms with Crippen LogP contribution in [-0.4, -0.2) is 18.3 Å². The molecule has 0 amide bonds. The number of unbranched alkanes of at least 4 members (excludes halogenated alkanes) is 1. The van der Waals surface area contributed by atoms with Crippen LogP contribution >= 0.6 is 0 Å². The number of methoxy groups -OCH3 is 1. The van der Waals surface area contributed by atoms with Crippen LogP contribution in [0.4, 0.5) is 0 Å². The number of ether oxygens (including phenoxy) is 1. The van der Waals surface area contributed by atoms with Crippen molar-refractivity contribution in [2.45, 2.75) is 51.7 Å². The van der Waals surface area contributed by atoms with Crippen LogP contribution in [0.2, 0.25) is 0 Å². The Labute approximate surface area is 123 Å². The molecule has 20 heavy (non-hydrogen) atoms. The Balaban J connectivity index is 3.02. The topological polar surface area (TPSA) is 29.5 Å². The predicted molar refractivity (Wildman–Crippen MR) is 84.6 cm³/mol. The van der Waals surface area contributed by atoms with Gasteiger partial charge >= 0.3 is 0 Å². The molecule has 2 nitrogen and oxygen atoms in total. The molecule has 0 spiro atoms. The summed E-state index contributed by atoms with van der Waals surface area (Å²) in [6, 6.07) is 9.92. The number of aliphatic hydroxyl groups excluding tert-OH is 1. The fraction of sp³-hybridized carbons (Fsp3) is 0.556. The first-order valence-corrected chi connectivity index (χ1v) is 7.54. The lowest BCUT2D eigenvalue weighted by Crippen LogP contribution is -2.38. The van der Waals surface area contributed by atoms with Crippen LogP contribution in [0, 0.1) is 5.41 Å². The van der Waals surface area contributed by atoms with Gasteiger partial charge in [-0.15, -0.1) is 6.58 Å². The van der Waals surface area contributed by atoms with Crippen molar-refractivity contribution in [1.82, 2.24) is 0 Å². The quantitative estimate of drug-likeness (QED) is 0.673. The lowest BCUT2D eigenvalue weighted by atomic mass is 9.72. The second kappa shape index (κ2) is 8.23. The van der Waals surface area contributed by atoms with Crippen molar-refractivity contribution in [1.29, 1.82) is 0 Å². The van der Waals surface area contributed by atoms with Gasteiger partial charge in [-0.3, -0.25) is 0 Å². The normalized spacial score (nSPS) is 17.2. The summed E-state index contributed by atoms with van der Waals surface area (Å²) in [5.74, 6) is 0. The van der Waals surface area contributed by atoms with Crippen molar-refractivity contribution < 1.29 is 9.84 Å². The van der Waals surface area contributed by atoms with Crippen molar-refractivity contribution >= 4 is 0 Å². The van der Waals surface area contributed by atoms with E-state index in [1.54, 1.807) is 7.11 Å². The van der Waals surface area contributed by atoms with E-state index in [-0.39, 0.29) is 11.5 Å². The molecule has 0 saturated carbocycles. The van der Waals surface area contributed by atoms with Crippen LogP contribution in [0.1, 0.15) is 51.2 Å². The SMILES string of the molecule is C=C[C@@](CC)(CCCC)[C@@H](O)[C@H](OC)c1ccccc1. The van der Waals surface area contributed by atoms with E-state index in [0.717, 1.165) is 31.2 Å². The minimum Gasteiger partial charge on any atom is -0.389 e. The third-order valence-corrected chi connectivity index (χ3v) is 4.32. The first kappa shape index (κ1) is 16.9. The molecule has 1 rings (SSSR count). The van der Waals surface area contributed by atoms with Gasteiger partial charge in [0.25, 0.3) is 0 Å². The van der Waals surface area contributed by atoms with Gasteiger partial charge in [0.2, 0.25) is 0 Å². The van der Waals surface area contributed by atoms with E-state index in [2.05, 4.69) is 20.4 Å². The van der Waals surface area contributed by atoms with Crippen molar-refractivity contribution in [3.8, 4) is 0 Å². The van der Waals surface area contributed by atoms with Gasteiger partial charge in [0.1, 0.15) is 6.10 Å². The van der Waals surface area contributed by atoms with Crippen LogP contribution in [0.3, 0.4) is 0 Å². The molecule has 2 heteroatoms. The maximum Gasteiger partial charge on any atom is 0.109 e. The van der Waals surface area contributed by atoms with E-state index < -0.39 is 6.10 Å². The average molecular weight is 276 g/mol. The summed E-state index contributed by atoms with van der Waals surface area (Å²) in [4.78, 5) is 0. The molecule has 0 heterocycles. The molecule has 0 aliphatic heterocycles. The highest BCUT2D eigenvalue weighted by molar-refractivity contribution is 5.20. The second-order valence-electron chi connectivity index (χ2n) is 5.41. The van der Waals surface area contributed by atoms with Gasteiger partial charge in [0, 0.05) is 12.5 Å². The van der Waals surface area contributed by atoms with Crippen LogP contribution in [0.15, 0.2) is 43.0 Å². The molecule has 0 bridgehead atoms. The molecule has 0 aliphatic carbocycles. The average Bonchev–Trinajstić information content (AvgIpc) is 2.51. The molecule has 0 fully saturated rings. The van der Waals surface area contributed by atoms with Crippen LogP contribution in [-0.2, 0) is 4.74 Å². The van der Waals surface area contributed by atoms with Crippen LogP contribution in [0.5, 0.6) is 0 Å². The van der Waals surface area contributed by atoms with Gasteiger partial charge in [-0.05, 0) is 18.4 Å². The van der Waals surface area contributed by atoms with Gasteiger partial charge in [-0.1, -0.05) is 63.1 Å². The summed E-state index contributed by atoms with van der Waals surface area (Å²) in [6.45, 7) is 8.25. The Morgan fingerprint density at radius 3 is 2.40 bits per heavy atom. The molecule has 0 radical (unpaired) electrons. The lowest BCUT2D eigenvalue weighted by Gasteiger charge is -2.38. The zero-order chi connectivity index (χ0) is 15.0. The maximum absolute atomic E-state index is 10.9. The van der Waals surface area contributed by atoms with Crippen molar-refractivity contribution in [3.05, 3.63) is 48.6 Å². The fourth-order valence-electron chi connectivity index (χ4n) is 2.80. The van der Waals surface area contributed by atoms with Gasteiger partial charge in [0.15, 0.2) is 0 Å². The third-order valence-electron chi connectivity index (χ3n) is 4.32. The second-order valence-corrected chi connectivity index (χ2v) is 5.41. The molecule has 112 valence electrons.